The van der Waals surface area contributed by atoms with Gasteiger partial charge in [0.15, 0.2) is 0 Å². The van der Waals surface area contributed by atoms with Gasteiger partial charge in [0.25, 0.3) is 0 Å². The van der Waals surface area contributed by atoms with Crippen LogP contribution in [0.3, 0.4) is 0 Å². The lowest BCUT2D eigenvalue weighted by Crippen LogP contribution is -2.40. The molecule has 2 rings (SSSR count). The van der Waals surface area contributed by atoms with Gasteiger partial charge in [-0.25, -0.2) is 14.0 Å². The zero-order valence-corrected chi connectivity index (χ0v) is 13.2. The molecule has 6 heteroatoms. The highest BCUT2D eigenvalue weighted by molar-refractivity contribution is 5.90. The highest BCUT2D eigenvalue weighted by Gasteiger charge is 2.27. The summed E-state index contributed by atoms with van der Waals surface area (Å²) in [6.07, 6.45) is 0.106. The van der Waals surface area contributed by atoms with Crippen LogP contribution in [-0.2, 0) is 22.4 Å². The first-order valence-corrected chi connectivity index (χ1v) is 7.09. The third kappa shape index (κ3) is 3.55. The largest absolute Gasteiger partial charge is 0.465 e. The molecule has 1 aliphatic rings. The fourth-order valence-corrected chi connectivity index (χ4v) is 2.33. The number of carbonyl (C=O) groups is 2. The Labute approximate surface area is 129 Å². The smallest absolute Gasteiger partial charge is 0.410 e. The van der Waals surface area contributed by atoms with E-state index in [1.807, 2.05) is 0 Å². The maximum absolute atomic E-state index is 13.9. The molecule has 0 aromatic heterocycles. The molecule has 5 nitrogen and oxygen atoms in total. The van der Waals surface area contributed by atoms with Crippen LogP contribution >= 0.6 is 0 Å². The molecule has 0 radical (unpaired) electrons. The summed E-state index contributed by atoms with van der Waals surface area (Å²) in [4.78, 5) is 25.2. The lowest BCUT2D eigenvalue weighted by Gasteiger charge is -2.31. The van der Waals surface area contributed by atoms with Gasteiger partial charge < -0.3 is 14.4 Å². The van der Waals surface area contributed by atoms with Crippen molar-refractivity contribution in [3.05, 3.63) is 34.6 Å². The molecule has 0 bridgehead atoms. The average molecular weight is 309 g/mol. The first-order chi connectivity index (χ1) is 10.2. The molecular weight excluding hydrogens is 289 g/mol. The minimum absolute atomic E-state index is 0.118. The first-order valence-electron chi connectivity index (χ1n) is 7.09. The zero-order valence-electron chi connectivity index (χ0n) is 13.2. The van der Waals surface area contributed by atoms with E-state index in [1.165, 1.54) is 19.2 Å². The second-order valence-electron chi connectivity index (χ2n) is 6.24. The number of rotatable bonds is 1. The van der Waals surface area contributed by atoms with Crippen molar-refractivity contribution >= 4 is 12.1 Å². The van der Waals surface area contributed by atoms with E-state index in [9.17, 15) is 14.0 Å². The summed E-state index contributed by atoms with van der Waals surface area (Å²) in [7, 11) is 1.20. The topological polar surface area (TPSA) is 55.8 Å². The van der Waals surface area contributed by atoms with Crippen molar-refractivity contribution < 1.29 is 23.5 Å². The minimum Gasteiger partial charge on any atom is -0.465 e. The van der Waals surface area contributed by atoms with E-state index < -0.39 is 23.5 Å². The molecule has 0 aliphatic carbocycles. The van der Waals surface area contributed by atoms with E-state index in [4.69, 9.17) is 4.74 Å². The Morgan fingerprint density at radius 1 is 1.23 bits per heavy atom. The summed E-state index contributed by atoms with van der Waals surface area (Å²) in [5.74, 6) is -1.33. The van der Waals surface area contributed by atoms with Crippen LogP contribution in [-0.4, -0.2) is 36.2 Å². The van der Waals surface area contributed by atoms with Gasteiger partial charge in [0.2, 0.25) is 0 Å². The van der Waals surface area contributed by atoms with E-state index in [2.05, 4.69) is 4.74 Å². The summed E-state index contributed by atoms with van der Waals surface area (Å²) < 4.78 is 23.8. The number of halogens is 1. The van der Waals surface area contributed by atoms with Crippen molar-refractivity contribution in [1.82, 2.24) is 4.90 Å². The van der Waals surface area contributed by atoms with Crippen LogP contribution in [0.1, 0.15) is 42.3 Å². The van der Waals surface area contributed by atoms with Gasteiger partial charge in [0, 0.05) is 13.1 Å². The van der Waals surface area contributed by atoms with E-state index >= 15 is 0 Å². The van der Waals surface area contributed by atoms with E-state index in [0.29, 0.717) is 13.0 Å². The Balaban J connectivity index is 2.22. The molecule has 0 unspecified atom stereocenters. The summed E-state index contributed by atoms with van der Waals surface area (Å²) in [5.41, 5.74) is 0.841. The fraction of sp³-hybridized carbons (Fsp3) is 0.500. The summed E-state index contributed by atoms with van der Waals surface area (Å²) >= 11 is 0. The lowest BCUT2D eigenvalue weighted by atomic mass is 9.97. The molecule has 0 fully saturated rings. The maximum Gasteiger partial charge on any atom is 0.410 e. The molecule has 0 atom stereocenters. The van der Waals surface area contributed by atoms with Gasteiger partial charge in [-0.2, -0.15) is 0 Å². The number of hydrogen-bond acceptors (Lipinski definition) is 4. The molecule has 0 N–H and O–H groups in total. The van der Waals surface area contributed by atoms with Crippen molar-refractivity contribution in [2.45, 2.75) is 39.3 Å². The Bertz CT molecular complexity index is 607. The fourth-order valence-electron chi connectivity index (χ4n) is 2.33. The normalized spacial score (nSPS) is 14.3. The number of ether oxygens (including phenoxy) is 2. The van der Waals surface area contributed by atoms with E-state index in [0.717, 1.165) is 11.1 Å². The molecular formula is C16H20FNO4. The molecule has 1 heterocycles. The lowest BCUT2D eigenvalue weighted by molar-refractivity contribution is 0.0224. The van der Waals surface area contributed by atoms with Crippen LogP contribution in [0, 0.1) is 5.82 Å². The molecule has 22 heavy (non-hydrogen) atoms. The Morgan fingerprint density at radius 2 is 1.91 bits per heavy atom. The number of esters is 1. The number of fused-ring (bicyclic) bond motifs is 1. The van der Waals surface area contributed by atoms with Gasteiger partial charge in [-0.05, 0) is 50.5 Å². The zero-order chi connectivity index (χ0) is 16.5. The van der Waals surface area contributed by atoms with E-state index in [-0.39, 0.29) is 12.1 Å². The summed E-state index contributed by atoms with van der Waals surface area (Å²) in [6.45, 7) is 6.14. The molecule has 0 saturated heterocycles. The van der Waals surface area contributed by atoms with Gasteiger partial charge in [0.1, 0.15) is 11.4 Å². The SMILES string of the molecule is COC(=O)c1cc2c(cc1F)CCN(C(=O)OC(C)(C)C)C2. The number of hydrogen-bond donors (Lipinski definition) is 0. The van der Waals surface area contributed by atoms with Crippen molar-refractivity contribution in [2.75, 3.05) is 13.7 Å². The third-order valence-electron chi connectivity index (χ3n) is 3.36. The highest BCUT2D eigenvalue weighted by Crippen LogP contribution is 2.24. The highest BCUT2D eigenvalue weighted by atomic mass is 19.1. The van der Waals surface area contributed by atoms with Gasteiger partial charge in [-0.15, -0.1) is 0 Å². The number of amides is 1. The van der Waals surface area contributed by atoms with Crippen LogP contribution in [0.4, 0.5) is 9.18 Å². The van der Waals surface area contributed by atoms with Gasteiger partial charge in [-0.3, -0.25) is 0 Å². The van der Waals surface area contributed by atoms with Crippen molar-refractivity contribution in [1.29, 1.82) is 0 Å². The third-order valence-corrected chi connectivity index (χ3v) is 3.36. The second kappa shape index (κ2) is 5.94. The van der Waals surface area contributed by atoms with Crippen LogP contribution in [0.5, 0.6) is 0 Å². The predicted molar refractivity (Wildman–Crippen MR) is 78.1 cm³/mol. The first kappa shape index (κ1) is 16.3. The Hall–Kier alpha value is -2.11. The maximum atomic E-state index is 13.9. The molecule has 1 aromatic rings. The molecule has 0 spiro atoms. The van der Waals surface area contributed by atoms with Crippen LogP contribution < -0.4 is 0 Å². The molecule has 0 saturated carbocycles. The minimum atomic E-state index is -0.727. The number of methoxy groups -OCH3 is 1. The Kier molecular flexibility index (Phi) is 4.39. The van der Waals surface area contributed by atoms with Gasteiger partial charge in [-0.1, -0.05) is 0 Å². The standard InChI is InChI=1S/C16H20FNO4/c1-16(2,3)22-15(20)18-6-5-10-8-13(17)12(14(19)21-4)7-11(10)9-18/h7-8H,5-6,9H2,1-4H3. The Morgan fingerprint density at radius 3 is 2.50 bits per heavy atom. The summed E-state index contributed by atoms with van der Waals surface area (Å²) in [6, 6.07) is 2.79. The second-order valence-corrected chi connectivity index (χ2v) is 6.24. The van der Waals surface area contributed by atoms with Crippen LogP contribution in [0.2, 0.25) is 0 Å². The van der Waals surface area contributed by atoms with E-state index in [1.54, 1.807) is 25.7 Å². The van der Waals surface area contributed by atoms with Gasteiger partial charge in [0.05, 0.1) is 12.7 Å². The average Bonchev–Trinajstić information content (AvgIpc) is 2.43. The predicted octanol–water partition coefficient (Wildman–Crippen LogP) is 2.91. The molecule has 1 aromatic carbocycles. The number of benzene rings is 1. The van der Waals surface area contributed by atoms with Crippen molar-refractivity contribution in [3.8, 4) is 0 Å². The quantitative estimate of drug-likeness (QED) is 0.749. The van der Waals surface area contributed by atoms with Crippen molar-refractivity contribution in [3.63, 3.8) is 0 Å². The summed E-state index contributed by atoms with van der Waals surface area (Å²) in [5, 5.41) is 0. The van der Waals surface area contributed by atoms with Crippen molar-refractivity contribution in [2.24, 2.45) is 0 Å². The molecule has 1 aliphatic heterocycles. The number of nitrogens with zero attached hydrogens (tertiary/aromatic N) is 1. The number of carbonyl (C=O) groups excluding carboxylic acids is 2. The van der Waals surface area contributed by atoms with Gasteiger partial charge >= 0.3 is 12.1 Å². The molecule has 120 valence electrons. The monoisotopic (exact) mass is 309 g/mol. The van der Waals surface area contributed by atoms with Crippen LogP contribution in [0.15, 0.2) is 12.1 Å². The van der Waals surface area contributed by atoms with Crippen LogP contribution in [0.25, 0.3) is 0 Å². The molecule has 1 amide bonds.